The lowest BCUT2D eigenvalue weighted by molar-refractivity contribution is 0.0689. The van der Waals surface area contributed by atoms with Crippen LogP contribution in [0.5, 0.6) is 0 Å². The minimum Gasteiger partial charge on any atom is -0.477 e. The van der Waals surface area contributed by atoms with Gasteiger partial charge in [0.05, 0.1) is 6.20 Å². The molecule has 0 atom stereocenters. The van der Waals surface area contributed by atoms with Crippen molar-refractivity contribution in [2.75, 3.05) is 0 Å². The summed E-state index contributed by atoms with van der Waals surface area (Å²) in [5, 5.41) is 10.3. The number of aromatic nitrogens is 2. The van der Waals surface area contributed by atoms with Gasteiger partial charge in [0.15, 0.2) is 4.96 Å². The van der Waals surface area contributed by atoms with Crippen molar-refractivity contribution in [1.29, 1.82) is 0 Å². The number of fused-ring (bicyclic) bond motifs is 1. The number of rotatable bonds is 1. The number of aromatic carboxylic acids is 1. The maximum atomic E-state index is 10.7. The maximum Gasteiger partial charge on any atom is 0.353 e. The van der Waals surface area contributed by atoms with Crippen LogP contribution in [-0.2, 0) is 0 Å². The standard InChI is InChI=1S/C6H3BrN2O2S/c7-4-1-8-6-9(4)3(2-12-6)5(10)11/h1-2H,(H,10,11). The lowest BCUT2D eigenvalue weighted by Crippen LogP contribution is -2.00. The van der Waals surface area contributed by atoms with Crippen molar-refractivity contribution in [3.05, 3.63) is 21.9 Å². The highest BCUT2D eigenvalue weighted by molar-refractivity contribution is 9.10. The lowest BCUT2D eigenvalue weighted by atomic mass is 10.5. The summed E-state index contributed by atoms with van der Waals surface area (Å²) in [6.07, 6.45) is 1.58. The molecule has 0 saturated carbocycles. The number of carboxylic acid groups (broad SMARTS) is 1. The van der Waals surface area contributed by atoms with E-state index in [1.165, 1.54) is 11.3 Å². The number of nitrogens with zero attached hydrogens (tertiary/aromatic N) is 2. The highest BCUT2D eigenvalue weighted by Gasteiger charge is 2.13. The molecular weight excluding hydrogens is 244 g/mol. The van der Waals surface area contributed by atoms with E-state index >= 15 is 0 Å². The third kappa shape index (κ3) is 0.953. The van der Waals surface area contributed by atoms with E-state index in [1.807, 2.05) is 0 Å². The summed E-state index contributed by atoms with van der Waals surface area (Å²) in [5.74, 6) is -0.944. The van der Waals surface area contributed by atoms with Crippen LogP contribution in [0.2, 0.25) is 0 Å². The van der Waals surface area contributed by atoms with E-state index in [1.54, 1.807) is 16.0 Å². The number of hydrogen-bond donors (Lipinski definition) is 1. The third-order valence-corrected chi connectivity index (χ3v) is 2.82. The first-order chi connectivity index (χ1) is 5.70. The Morgan fingerprint density at radius 2 is 2.50 bits per heavy atom. The molecule has 0 aliphatic heterocycles. The van der Waals surface area contributed by atoms with Crippen molar-refractivity contribution in [2.24, 2.45) is 0 Å². The molecule has 62 valence electrons. The lowest BCUT2D eigenvalue weighted by Gasteiger charge is -1.91. The van der Waals surface area contributed by atoms with Gasteiger partial charge in [0.2, 0.25) is 0 Å². The molecular formula is C6H3BrN2O2S. The van der Waals surface area contributed by atoms with E-state index in [0.29, 0.717) is 9.56 Å². The molecule has 12 heavy (non-hydrogen) atoms. The van der Waals surface area contributed by atoms with Gasteiger partial charge in [0.25, 0.3) is 0 Å². The van der Waals surface area contributed by atoms with Gasteiger partial charge in [-0.1, -0.05) is 0 Å². The average molecular weight is 247 g/mol. The van der Waals surface area contributed by atoms with Crippen molar-refractivity contribution in [1.82, 2.24) is 9.38 Å². The van der Waals surface area contributed by atoms with Crippen LogP contribution >= 0.6 is 27.3 Å². The quantitative estimate of drug-likeness (QED) is 0.836. The molecule has 0 aliphatic carbocycles. The van der Waals surface area contributed by atoms with Crippen molar-refractivity contribution in [3.8, 4) is 0 Å². The minimum absolute atomic E-state index is 0.236. The molecule has 0 unspecified atom stereocenters. The fourth-order valence-electron chi connectivity index (χ4n) is 0.924. The van der Waals surface area contributed by atoms with Crippen molar-refractivity contribution >= 4 is 38.2 Å². The summed E-state index contributed by atoms with van der Waals surface area (Å²) in [6.45, 7) is 0. The van der Waals surface area contributed by atoms with Gasteiger partial charge in [0, 0.05) is 5.38 Å². The molecule has 2 rings (SSSR count). The van der Waals surface area contributed by atoms with E-state index in [4.69, 9.17) is 5.11 Å². The smallest absolute Gasteiger partial charge is 0.353 e. The Labute approximate surface area is 79.6 Å². The molecule has 2 aromatic rings. The highest BCUT2D eigenvalue weighted by atomic mass is 79.9. The predicted molar refractivity (Wildman–Crippen MR) is 47.7 cm³/mol. The number of thiazole rings is 1. The molecule has 1 N–H and O–H groups in total. The molecule has 0 bridgehead atoms. The van der Waals surface area contributed by atoms with E-state index in [0.717, 1.165) is 0 Å². The van der Waals surface area contributed by atoms with Crippen LogP contribution < -0.4 is 0 Å². The second kappa shape index (κ2) is 2.56. The normalized spacial score (nSPS) is 10.8. The molecule has 4 nitrogen and oxygen atoms in total. The molecule has 2 aromatic heterocycles. The summed E-state index contributed by atoms with van der Waals surface area (Å²) in [5.41, 5.74) is 0.236. The Balaban J connectivity index is 2.83. The van der Waals surface area contributed by atoms with Crippen LogP contribution in [0.25, 0.3) is 4.96 Å². The minimum atomic E-state index is -0.944. The highest BCUT2D eigenvalue weighted by Crippen LogP contribution is 2.21. The zero-order chi connectivity index (χ0) is 8.72. The third-order valence-electron chi connectivity index (χ3n) is 1.42. The predicted octanol–water partition coefficient (Wildman–Crippen LogP) is 1.86. The van der Waals surface area contributed by atoms with Crippen LogP contribution in [-0.4, -0.2) is 20.5 Å². The van der Waals surface area contributed by atoms with Gasteiger partial charge in [-0.05, 0) is 15.9 Å². The molecule has 0 amide bonds. The van der Waals surface area contributed by atoms with E-state index in [-0.39, 0.29) is 5.69 Å². The van der Waals surface area contributed by atoms with Gasteiger partial charge in [-0.2, -0.15) is 0 Å². The number of carbonyl (C=O) groups is 1. The Morgan fingerprint density at radius 3 is 3.17 bits per heavy atom. The van der Waals surface area contributed by atoms with Gasteiger partial charge in [0.1, 0.15) is 10.3 Å². The summed E-state index contributed by atoms with van der Waals surface area (Å²) in [7, 11) is 0. The van der Waals surface area contributed by atoms with Gasteiger partial charge in [-0.25, -0.2) is 9.78 Å². The molecule has 0 saturated heterocycles. The van der Waals surface area contributed by atoms with Crippen LogP contribution in [0.15, 0.2) is 16.2 Å². The number of carboxylic acids is 1. The first kappa shape index (κ1) is 7.75. The van der Waals surface area contributed by atoms with E-state index in [2.05, 4.69) is 20.9 Å². The molecule has 2 heterocycles. The molecule has 0 fully saturated rings. The molecule has 0 aromatic carbocycles. The Hall–Kier alpha value is -0.880. The molecule has 0 spiro atoms. The van der Waals surface area contributed by atoms with Crippen molar-refractivity contribution < 1.29 is 9.90 Å². The maximum absolute atomic E-state index is 10.7. The number of halogens is 1. The average Bonchev–Trinajstić information content (AvgIpc) is 2.53. The number of hydrogen-bond acceptors (Lipinski definition) is 3. The molecule has 0 aliphatic rings. The van der Waals surface area contributed by atoms with Crippen molar-refractivity contribution in [3.63, 3.8) is 0 Å². The SMILES string of the molecule is O=C(O)c1csc2ncc(Br)n12. The zero-order valence-electron chi connectivity index (χ0n) is 5.69. The fourth-order valence-corrected chi connectivity index (χ4v) is 2.34. The van der Waals surface area contributed by atoms with E-state index in [9.17, 15) is 4.79 Å². The first-order valence-electron chi connectivity index (χ1n) is 3.04. The first-order valence-corrected chi connectivity index (χ1v) is 4.71. The second-order valence-electron chi connectivity index (χ2n) is 2.13. The monoisotopic (exact) mass is 246 g/mol. The summed E-state index contributed by atoms with van der Waals surface area (Å²) in [4.78, 5) is 15.3. The zero-order valence-corrected chi connectivity index (χ0v) is 8.09. The topological polar surface area (TPSA) is 54.6 Å². The summed E-state index contributed by atoms with van der Waals surface area (Å²) in [6, 6.07) is 0. The Kier molecular flexibility index (Phi) is 1.66. The van der Waals surface area contributed by atoms with Crippen LogP contribution in [0.4, 0.5) is 0 Å². The van der Waals surface area contributed by atoms with Gasteiger partial charge in [-0.15, -0.1) is 11.3 Å². The summed E-state index contributed by atoms with van der Waals surface area (Å²) >= 11 is 4.51. The van der Waals surface area contributed by atoms with Gasteiger partial charge < -0.3 is 5.11 Å². The largest absolute Gasteiger partial charge is 0.477 e. The van der Waals surface area contributed by atoms with Crippen LogP contribution in [0, 0.1) is 0 Å². The second-order valence-corrected chi connectivity index (χ2v) is 3.77. The number of imidazole rings is 1. The van der Waals surface area contributed by atoms with Crippen molar-refractivity contribution in [2.45, 2.75) is 0 Å². The molecule has 6 heteroatoms. The Bertz CT molecular complexity index is 447. The Morgan fingerprint density at radius 1 is 1.75 bits per heavy atom. The van der Waals surface area contributed by atoms with Crippen LogP contribution in [0.1, 0.15) is 10.5 Å². The van der Waals surface area contributed by atoms with E-state index < -0.39 is 5.97 Å². The van der Waals surface area contributed by atoms with Gasteiger partial charge in [-0.3, -0.25) is 4.40 Å². The van der Waals surface area contributed by atoms with Crippen LogP contribution in [0.3, 0.4) is 0 Å². The summed E-state index contributed by atoms with van der Waals surface area (Å²) < 4.78 is 2.21. The van der Waals surface area contributed by atoms with Gasteiger partial charge >= 0.3 is 5.97 Å². The molecule has 0 radical (unpaired) electrons. The fraction of sp³-hybridized carbons (Fsp3) is 0.